The normalized spacial score (nSPS) is 20.1. The van der Waals surface area contributed by atoms with Crippen LogP contribution in [-0.4, -0.2) is 5.97 Å². The SMILES string of the molecule is CCCCCCCc1ccc(OC(=O)C2CCC(/C=C(/F)C#N)CC2)cc1. The number of ether oxygens (including phenoxy) is 1. The van der Waals surface area contributed by atoms with E-state index in [0.29, 0.717) is 31.4 Å². The third-order valence-electron chi connectivity index (χ3n) is 5.30. The number of aryl methyl sites for hydroxylation is 1. The average Bonchev–Trinajstić information content (AvgIpc) is 2.69. The van der Waals surface area contributed by atoms with Crippen molar-refractivity contribution in [1.82, 2.24) is 0 Å². The van der Waals surface area contributed by atoms with E-state index in [9.17, 15) is 9.18 Å². The molecule has 4 heteroatoms. The van der Waals surface area contributed by atoms with Crippen molar-refractivity contribution >= 4 is 5.97 Å². The smallest absolute Gasteiger partial charge is 0.314 e. The van der Waals surface area contributed by atoms with Gasteiger partial charge in [0.1, 0.15) is 11.8 Å². The Morgan fingerprint density at radius 1 is 1.15 bits per heavy atom. The molecule has 3 nitrogen and oxygen atoms in total. The van der Waals surface area contributed by atoms with E-state index in [-0.39, 0.29) is 17.8 Å². The Morgan fingerprint density at radius 2 is 1.81 bits per heavy atom. The number of carbonyl (C=O) groups excluding carboxylic acids is 1. The molecule has 0 saturated heterocycles. The standard InChI is InChI=1S/C23H30FNO2/c1-2-3-4-5-6-7-18-10-14-22(15-11-18)27-23(26)20-12-8-19(9-13-20)16-21(24)17-25/h10-11,14-16,19-20H,2-9,12-13H2,1H3/b21-16+. The highest BCUT2D eigenvalue weighted by Gasteiger charge is 2.27. The lowest BCUT2D eigenvalue weighted by molar-refractivity contribution is -0.140. The van der Waals surface area contributed by atoms with Gasteiger partial charge < -0.3 is 4.74 Å². The second-order valence-electron chi connectivity index (χ2n) is 7.47. The summed E-state index contributed by atoms with van der Waals surface area (Å²) in [6.07, 6.45) is 11.5. The van der Waals surface area contributed by atoms with E-state index in [1.807, 2.05) is 24.3 Å². The van der Waals surface area contributed by atoms with Crippen LogP contribution in [0.1, 0.15) is 70.3 Å². The Kier molecular flexibility index (Phi) is 9.04. The molecule has 0 spiro atoms. The zero-order valence-corrected chi connectivity index (χ0v) is 16.3. The number of rotatable bonds is 9. The molecule has 0 heterocycles. The van der Waals surface area contributed by atoms with Gasteiger partial charge in [-0.2, -0.15) is 9.65 Å². The minimum absolute atomic E-state index is 0.0466. The molecular formula is C23H30FNO2. The molecule has 146 valence electrons. The number of carbonyl (C=O) groups is 1. The highest BCUT2D eigenvalue weighted by molar-refractivity contribution is 5.75. The Bertz CT molecular complexity index is 652. The van der Waals surface area contributed by atoms with Gasteiger partial charge >= 0.3 is 5.97 Å². The first-order valence-corrected chi connectivity index (χ1v) is 10.2. The Morgan fingerprint density at radius 3 is 2.44 bits per heavy atom. The number of nitriles is 1. The number of benzene rings is 1. The maximum atomic E-state index is 13.0. The van der Waals surface area contributed by atoms with Crippen molar-refractivity contribution < 1.29 is 13.9 Å². The van der Waals surface area contributed by atoms with Crippen LogP contribution in [0, 0.1) is 23.2 Å². The van der Waals surface area contributed by atoms with Gasteiger partial charge in [-0.3, -0.25) is 4.79 Å². The maximum Gasteiger partial charge on any atom is 0.314 e. The molecule has 2 rings (SSSR count). The number of halogens is 1. The molecule has 1 aliphatic rings. The van der Waals surface area contributed by atoms with Crippen molar-refractivity contribution in [1.29, 1.82) is 5.26 Å². The van der Waals surface area contributed by atoms with Gasteiger partial charge in [0, 0.05) is 0 Å². The molecule has 0 bridgehead atoms. The van der Waals surface area contributed by atoms with E-state index in [1.165, 1.54) is 49.8 Å². The Hall–Kier alpha value is -2.15. The predicted octanol–water partition coefficient (Wildman–Crippen LogP) is 6.29. The molecule has 0 unspecified atom stereocenters. The van der Waals surface area contributed by atoms with Crippen molar-refractivity contribution in [2.24, 2.45) is 11.8 Å². The third-order valence-corrected chi connectivity index (χ3v) is 5.30. The molecular weight excluding hydrogens is 341 g/mol. The fourth-order valence-corrected chi connectivity index (χ4v) is 3.62. The van der Waals surface area contributed by atoms with Crippen LogP contribution in [0.15, 0.2) is 36.2 Å². The van der Waals surface area contributed by atoms with Gasteiger partial charge in [0.25, 0.3) is 0 Å². The first-order chi connectivity index (χ1) is 13.1. The number of esters is 1. The first-order valence-electron chi connectivity index (χ1n) is 10.2. The Balaban J connectivity index is 1.74. The molecule has 0 aromatic heterocycles. The van der Waals surface area contributed by atoms with Gasteiger partial charge in [-0.1, -0.05) is 44.7 Å². The molecule has 1 aromatic carbocycles. The van der Waals surface area contributed by atoms with E-state index in [2.05, 4.69) is 6.92 Å². The van der Waals surface area contributed by atoms with Gasteiger partial charge in [0.15, 0.2) is 5.83 Å². The lowest BCUT2D eigenvalue weighted by Gasteiger charge is -2.25. The van der Waals surface area contributed by atoms with Crippen LogP contribution in [-0.2, 0) is 11.2 Å². The average molecular weight is 371 g/mol. The van der Waals surface area contributed by atoms with E-state index >= 15 is 0 Å². The fourth-order valence-electron chi connectivity index (χ4n) is 3.62. The molecule has 27 heavy (non-hydrogen) atoms. The van der Waals surface area contributed by atoms with E-state index in [0.717, 1.165) is 6.42 Å². The summed E-state index contributed by atoms with van der Waals surface area (Å²) in [5.41, 5.74) is 1.28. The summed E-state index contributed by atoms with van der Waals surface area (Å²) in [6.45, 7) is 2.22. The van der Waals surface area contributed by atoms with Crippen molar-refractivity contribution in [3.63, 3.8) is 0 Å². The third kappa shape index (κ3) is 7.54. The number of unbranched alkanes of at least 4 members (excludes halogenated alkanes) is 4. The van der Waals surface area contributed by atoms with Crippen LogP contribution in [0.2, 0.25) is 0 Å². The zero-order valence-electron chi connectivity index (χ0n) is 16.3. The summed E-state index contributed by atoms with van der Waals surface area (Å²) in [4.78, 5) is 12.3. The molecule has 1 aromatic rings. The molecule has 0 N–H and O–H groups in total. The summed E-state index contributed by atoms with van der Waals surface area (Å²) in [7, 11) is 0. The molecule has 0 radical (unpaired) electrons. The fraction of sp³-hybridized carbons (Fsp3) is 0.565. The van der Waals surface area contributed by atoms with Gasteiger partial charge in [-0.25, -0.2) is 0 Å². The van der Waals surface area contributed by atoms with Crippen LogP contribution >= 0.6 is 0 Å². The first kappa shape index (κ1) is 21.2. The van der Waals surface area contributed by atoms with Gasteiger partial charge in [-0.05, 0) is 68.2 Å². The summed E-state index contributed by atoms with van der Waals surface area (Å²) in [5.74, 6) is -0.437. The van der Waals surface area contributed by atoms with Crippen LogP contribution < -0.4 is 4.74 Å². The van der Waals surface area contributed by atoms with Crippen molar-refractivity contribution in [2.45, 2.75) is 71.1 Å². The van der Waals surface area contributed by atoms with Gasteiger partial charge in [0.05, 0.1) is 5.92 Å². The van der Waals surface area contributed by atoms with Crippen molar-refractivity contribution in [3.05, 3.63) is 41.7 Å². The van der Waals surface area contributed by atoms with Crippen LogP contribution in [0.4, 0.5) is 4.39 Å². The molecule has 1 fully saturated rings. The lowest BCUT2D eigenvalue weighted by atomic mass is 9.82. The molecule has 0 aliphatic heterocycles. The Labute approximate surface area is 162 Å². The molecule has 0 atom stereocenters. The van der Waals surface area contributed by atoms with E-state index in [1.54, 1.807) is 0 Å². The number of hydrogen-bond acceptors (Lipinski definition) is 3. The number of allylic oxidation sites excluding steroid dienone is 2. The highest BCUT2D eigenvalue weighted by Crippen LogP contribution is 2.31. The quantitative estimate of drug-likeness (QED) is 0.222. The molecule has 1 saturated carbocycles. The highest BCUT2D eigenvalue weighted by atomic mass is 19.1. The minimum atomic E-state index is -0.730. The number of hydrogen-bond donors (Lipinski definition) is 0. The molecule has 0 amide bonds. The van der Waals surface area contributed by atoms with E-state index < -0.39 is 5.83 Å². The number of nitrogens with zero attached hydrogens (tertiary/aromatic N) is 1. The minimum Gasteiger partial charge on any atom is -0.426 e. The monoisotopic (exact) mass is 371 g/mol. The van der Waals surface area contributed by atoms with Gasteiger partial charge in [0.2, 0.25) is 0 Å². The largest absolute Gasteiger partial charge is 0.426 e. The van der Waals surface area contributed by atoms with Crippen LogP contribution in [0.25, 0.3) is 0 Å². The zero-order chi connectivity index (χ0) is 19.5. The second kappa shape index (κ2) is 11.5. The summed E-state index contributed by atoms with van der Waals surface area (Å²) in [5, 5.41) is 8.50. The summed E-state index contributed by atoms with van der Waals surface area (Å²) in [6, 6.07) is 9.32. The van der Waals surface area contributed by atoms with E-state index in [4.69, 9.17) is 10.00 Å². The maximum absolute atomic E-state index is 13.0. The predicted molar refractivity (Wildman–Crippen MR) is 105 cm³/mol. The molecule has 1 aliphatic carbocycles. The topological polar surface area (TPSA) is 50.1 Å². The van der Waals surface area contributed by atoms with Crippen LogP contribution in [0.3, 0.4) is 0 Å². The lowest BCUT2D eigenvalue weighted by Crippen LogP contribution is -2.25. The van der Waals surface area contributed by atoms with Gasteiger partial charge in [-0.15, -0.1) is 0 Å². The summed E-state index contributed by atoms with van der Waals surface area (Å²) >= 11 is 0. The van der Waals surface area contributed by atoms with Crippen LogP contribution in [0.5, 0.6) is 5.75 Å². The van der Waals surface area contributed by atoms with Crippen molar-refractivity contribution in [2.75, 3.05) is 0 Å². The van der Waals surface area contributed by atoms with Crippen molar-refractivity contribution in [3.8, 4) is 11.8 Å². The summed E-state index contributed by atoms with van der Waals surface area (Å²) < 4.78 is 18.6. The second-order valence-corrected chi connectivity index (χ2v) is 7.47.